The van der Waals surface area contributed by atoms with E-state index in [2.05, 4.69) is 22.6 Å². The molecule has 0 saturated carbocycles. The van der Waals surface area contributed by atoms with E-state index in [9.17, 15) is 9.90 Å². The number of amides is 1. The van der Waals surface area contributed by atoms with Crippen molar-refractivity contribution in [2.24, 2.45) is 5.92 Å². The average Bonchev–Trinajstić information content (AvgIpc) is 3.15. The van der Waals surface area contributed by atoms with Crippen molar-refractivity contribution in [2.75, 3.05) is 19.8 Å². The molecule has 1 amide bonds. The summed E-state index contributed by atoms with van der Waals surface area (Å²) in [4.78, 5) is 12.5. The molecule has 0 spiro atoms. The van der Waals surface area contributed by atoms with Gasteiger partial charge in [-0.05, 0) is 38.5 Å². The van der Waals surface area contributed by atoms with Gasteiger partial charge in [-0.15, -0.1) is 5.10 Å². The zero-order valence-electron chi connectivity index (χ0n) is 16.2. The molecule has 2 fully saturated rings. The zero-order chi connectivity index (χ0) is 19.1. The molecule has 27 heavy (non-hydrogen) atoms. The topological polar surface area (TPSA) is 98.5 Å². The van der Waals surface area contributed by atoms with E-state index in [1.807, 2.05) is 10.9 Å². The Morgan fingerprint density at radius 2 is 2.15 bits per heavy atom. The summed E-state index contributed by atoms with van der Waals surface area (Å²) in [6.07, 6.45) is 7.77. The third-order valence-electron chi connectivity index (χ3n) is 5.49. The second kappa shape index (κ2) is 10.1. The standard InChI is InChI=1S/C19H32N4O4/c1-2-3-15-12-23(22-21-15)9-6-16-4-5-17(18(13-24)27-16)20-19(25)14-7-10-26-11-8-14/h12,14,16-18,24H,2-11,13H2,1H3,(H,20,25)/t16-,17+,18+/m0/s1. The highest BCUT2D eigenvalue weighted by Crippen LogP contribution is 2.23. The first-order valence-electron chi connectivity index (χ1n) is 10.2. The third-order valence-corrected chi connectivity index (χ3v) is 5.49. The van der Waals surface area contributed by atoms with Gasteiger partial charge >= 0.3 is 0 Å². The van der Waals surface area contributed by atoms with Gasteiger partial charge in [0.25, 0.3) is 0 Å². The number of nitrogens with zero attached hydrogens (tertiary/aromatic N) is 3. The molecule has 8 heteroatoms. The number of carbonyl (C=O) groups is 1. The Bertz CT molecular complexity index is 588. The molecular formula is C19H32N4O4. The summed E-state index contributed by atoms with van der Waals surface area (Å²) >= 11 is 0. The van der Waals surface area contributed by atoms with Crippen LogP contribution in [0.2, 0.25) is 0 Å². The molecule has 2 saturated heterocycles. The molecule has 3 rings (SSSR count). The van der Waals surface area contributed by atoms with Gasteiger partial charge in [-0.2, -0.15) is 0 Å². The second-order valence-corrected chi connectivity index (χ2v) is 7.57. The minimum atomic E-state index is -0.348. The summed E-state index contributed by atoms with van der Waals surface area (Å²) in [6.45, 7) is 4.08. The Hall–Kier alpha value is -1.51. The fourth-order valence-corrected chi connectivity index (χ4v) is 3.86. The zero-order valence-corrected chi connectivity index (χ0v) is 16.2. The van der Waals surface area contributed by atoms with Crippen LogP contribution in [-0.4, -0.2) is 64.1 Å². The van der Waals surface area contributed by atoms with E-state index in [0.717, 1.165) is 57.2 Å². The molecule has 3 heterocycles. The van der Waals surface area contributed by atoms with Crippen molar-refractivity contribution in [3.63, 3.8) is 0 Å². The average molecular weight is 380 g/mol. The van der Waals surface area contributed by atoms with Gasteiger partial charge in [0, 0.05) is 31.9 Å². The summed E-state index contributed by atoms with van der Waals surface area (Å²) in [7, 11) is 0. The smallest absolute Gasteiger partial charge is 0.223 e. The van der Waals surface area contributed by atoms with Crippen LogP contribution in [-0.2, 0) is 27.2 Å². The predicted octanol–water partition coefficient (Wildman–Crippen LogP) is 1.07. The van der Waals surface area contributed by atoms with Crippen molar-refractivity contribution in [3.05, 3.63) is 11.9 Å². The number of hydrogen-bond acceptors (Lipinski definition) is 6. The molecule has 8 nitrogen and oxygen atoms in total. The molecule has 152 valence electrons. The lowest BCUT2D eigenvalue weighted by atomic mass is 9.94. The largest absolute Gasteiger partial charge is 0.394 e. The molecule has 1 aromatic rings. The Balaban J connectivity index is 1.44. The summed E-state index contributed by atoms with van der Waals surface area (Å²) in [5.74, 6) is 0.0790. The van der Waals surface area contributed by atoms with Crippen molar-refractivity contribution < 1.29 is 19.4 Å². The quantitative estimate of drug-likeness (QED) is 0.700. The van der Waals surface area contributed by atoms with E-state index in [0.29, 0.717) is 13.2 Å². The summed E-state index contributed by atoms with van der Waals surface area (Å²) in [6, 6.07) is -0.121. The number of ether oxygens (including phenoxy) is 2. The summed E-state index contributed by atoms with van der Waals surface area (Å²) in [5, 5.41) is 21.1. The van der Waals surface area contributed by atoms with Gasteiger partial charge in [0.15, 0.2) is 0 Å². The number of carbonyl (C=O) groups excluding carboxylic acids is 1. The van der Waals surface area contributed by atoms with Crippen LogP contribution in [0.15, 0.2) is 6.20 Å². The fraction of sp³-hybridized carbons (Fsp3) is 0.842. The first-order valence-corrected chi connectivity index (χ1v) is 10.2. The van der Waals surface area contributed by atoms with Crippen LogP contribution in [0.1, 0.15) is 51.1 Å². The number of nitrogens with one attached hydrogen (secondary N) is 1. The number of aryl methyl sites for hydroxylation is 2. The molecule has 0 bridgehead atoms. The molecule has 0 aromatic carbocycles. The van der Waals surface area contributed by atoms with E-state index in [-0.39, 0.29) is 36.7 Å². The number of aromatic nitrogens is 3. The Labute approximate surface area is 160 Å². The molecule has 0 radical (unpaired) electrons. The van der Waals surface area contributed by atoms with Gasteiger partial charge in [-0.1, -0.05) is 18.6 Å². The minimum Gasteiger partial charge on any atom is -0.394 e. The first kappa shape index (κ1) is 20.2. The van der Waals surface area contributed by atoms with Crippen molar-refractivity contribution in [2.45, 2.75) is 76.7 Å². The van der Waals surface area contributed by atoms with E-state index in [1.54, 1.807) is 0 Å². The Morgan fingerprint density at radius 1 is 1.33 bits per heavy atom. The number of rotatable bonds is 8. The van der Waals surface area contributed by atoms with E-state index < -0.39 is 0 Å². The van der Waals surface area contributed by atoms with Gasteiger partial charge < -0.3 is 19.9 Å². The fourth-order valence-electron chi connectivity index (χ4n) is 3.86. The normalized spacial score (nSPS) is 26.8. The lowest BCUT2D eigenvalue weighted by Gasteiger charge is -2.37. The first-order chi connectivity index (χ1) is 13.2. The molecule has 0 aliphatic carbocycles. The number of aliphatic hydroxyl groups is 1. The Morgan fingerprint density at radius 3 is 2.89 bits per heavy atom. The monoisotopic (exact) mass is 380 g/mol. The van der Waals surface area contributed by atoms with E-state index in [1.165, 1.54) is 0 Å². The number of hydrogen-bond donors (Lipinski definition) is 2. The molecule has 1 aromatic heterocycles. The van der Waals surface area contributed by atoms with E-state index >= 15 is 0 Å². The van der Waals surface area contributed by atoms with Crippen LogP contribution in [0.4, 0.5) is 0 Å². The van der Waals surface area contributed by atoms with Crippen molar-refractivity contribution in [1.29, 1.82) is 0 Å². The Kier molecular flexibility index (Phi) is 7.60. The van der Waals surface area contributed by atoms with Gasteiger partial charge in [-0.25, -0.2) is 0 Å². The molecule has 2 N–H and O–H groups in total. The van der Waals surface area contributed by atoms with Crippen molar-refractivity contribution in [3.8, 4) is 0 Å². The lowest BCUT2D eigenvalue weighted by molar-refractivity contribution is -0.134. The van der Waals surface area contributed by atoms with Gasteiger partial charge in [0.05, 0.1) is 24.4 Å². The molecule has 3 atom stereocenters. The van der Waals surface area contributed by atoms with Crippen molar-refractivity contribution in [1.82, 2.24) is 20.3 Å². The van der Waals surface area contributed by atoms with Crippen LogP contribution >= 0.6 is 0 Å². The van der Waals surface area contributed by atoms with E-state index in [4.69, 9.17) is 9.47 Å². The predicted molar refractivity (Wildman–Crippen MR) is 99.1 cm³/mol. The third kappa shape index (κ3) is 5.73. The van der Waals surface area contributed by atoms with Crippen LogP contribution in [0.25, 0.3) is 0 Å². The molecule has 2 aliphatic heterocycles. The maximum absolute atomic E-state index is 12.5. The highest BCUT2D eigenvalue weighted by atomic mass is 16.5. The molecule has 2 aliphatic rings. The number of aliphatic hydroxyl groups excluding tert-OH is 1. The lowest BCUT2D eigenvalue weighted by Crippen LogP contribution is -2.52. The maximum atomic E-state index is 12.5. The minimum absolute atomic E-state index is 0.0143. The van der Waals surface area contributed by atoms with Gasteiger partial charge in [-0.3, -0.25) is 9.48 Å². The highest BCUT2D eigenvalue weighted by molar-refractivity contribution is 5.79. The van der Waals surface area contributed by atoms with Crippen LogP contribution < -0.4 is 5.32 Å². The SMILES string of the molecule is CCCc1cn(CC[C@@H]2CC[C@@H](NC(=O)C3CCOCC3)[C@@H](CO)O2)nn1. The highest BCUT2D eigenvalue weighted by Gasteiger charge is 2.33. The van der Waals surface area contributed by atoms with Gasteiger partial charge in [0.2, 0.25) is 5.91 Å². The second-order valence-electron chi connectivity index (χ2n) is 7.57. The maximum Gasteiger partial charge on any atom is 0.223 e. The van der Waals surface area contributed by atoms with Crippen LogP contribution in [0.3, 0.4) is 0 Å². The molecule has 0 unspecified atom stereocenters. The van der Waals surface area contributed by atoms with Crippen LogP contribution in [0.5, 0.6) is 0 Å². The molecular weight excluding hydrogens is 348 g/mol. The van der Waals surface area contributed by atoms with Gasteiger partial charge in [0.1, 0.15) is 6.10 Å². The van der Waals surface area contributed by atoms with Crippen molar-refractivity contribution >= 4 is 5.91 Å². The summed E-state index contributed by atoms with van der Waals surface area (Å²) < 4.78 is 13.2. The van der Waals surface area contributed by atoms with Crippen LogP contribution in [0, 0.1) is 5.92 Å². The summed E-state index contributed by atoms with van der Waals surface area (Å²) in [5.41, 5.74) is 1.02.